The number of likely N-dealkylation sites (tertiary alicyclic amines) is 1. The molecular formula is C19H17NO2S2. The minimum atomic E-state index is -0.305. The van der Waals surface area contributed by atoms with Crippen molar-refractivity contribution < 1.29 is 4.42 Å². The van der Waals surface area contributed by atoms with Gasteiger partial charge in [0.15, 0.2) is 0 Å². The van der Waals surface area contributed by atoms with Gasteiger partial charge in [-0.05, 0) is 35.2 Å². The van der Waals surface area contributed by atoms with Gasteiger partial charge in [-0.2, -0.15) is 0 Å². The second-order valence-electron chi connectivity index (χ2n) is 6.00. The summed E-state index contributed by atoms with van der Waals surface area (Å²) in [5.74, 6) is 0.686. The van der Waals surface area contributed by atoms with Crippen LogP contribution in [0.1, 0.15) is 18.4 Å². The second kappa shape index (κ2) is 6.57. The molecule has 122 valence electrons. The van der Waals surface area contributed by atoms with Crippen molar-refractivity contribution in [2.24, 2.45) is 0 Å². The molecule has 0 saturated carbocycles. The minimum absolute atomic E-state index is 0.305. The van der Waals surface area contributed by atoms with Gasteiger partial charge in [0.2, 0.25) is 0 Å². The van der Waals surface area contributed by atoms with E-state index in [2.05, 4.69) is 17.0 Å². The normalized spacial score (nSPS) is 14.6. The highest BCUT2D eigenvalue weighted by Gasteiger charge is 2.16. The van der Waals surface area contributed by atoms with Crippen molar-refractivity contribution >= 4 is 50.0 Å². The van der Waals surface area contributed by atoms with Gasteiger partial charge in [0.1, 0.15) is 9.90 Å². The van der Waals surface area contributed by atoms with Crippen molar-refractivity contribution in [1.29, 1.82) is 0 Å². The lowest BCUT2D eigenvalue weighted by Crippen LogP contribution is -2.23. The van der Waals surface area contributed by atoms with Crippen molar-refractivity contribution in [2.45, 2.75) is 18.6 Å². The van der Waals surface area contributed by atoms with Crippen molar-refractivity contribution in [1.82, 2.24) is 4.90 Å². The number of nitrogens with zero attached hydrogens (tertiary/aromatic N) is 1. The average Bonchev–Trinajstić information content (AvgIpc) is 3.13. The van der Waals surface area contributed by atoms with E-state index < -0.39 is 0 Å². The van der Waals surface area contributed by atoms with E-state index in [4.69, 9.17) is 16.6 Å². The molecule has 0 spiro atoms. The highest BCUT2D eigenvalue weighted by molar-refractivity contribution is 8.22. The largest absolute Gasteiger partial charge is 0.423 e. The summed E-state index contributed by atoms with van der Waals surface area (Å²) in [5.41, 5.74) is 1.33. The molecule has 5 heteroatoms. The lowest BCUT2D eigenvalue weighted by molar-refractivity contribution is 0.539. The van der Waals surface area contributed by atoms with E-state index in [1.54, 1.807) is 17.8 Å². The van der Waals surface area contributed by atoms with Crippen LogP contribution in [0.2, 0.25) is 0 Å². The van der Waals surface area contributed by atoms with Crippen molar-refractivity contribution in [3.63, 3.8) is 0 Å². The van der Waals surface area contributed by atoms with E-state index >= 15 is 0 Å². The van der Waals surface area contributed by atoms with Gasteiger partial charge >= 0.3 is 5.63 Å². The number of benzene rings is 2. The van der Waals surface area contributed by atoms with Crippen molar-refractivity contribution in [3.8, 4) is 0 Å². The third kappa shape index (κ3) is 2.94. The van der Waals surface area contributed by atoms with Gasteiger partial charge in [-0.15, -0.1) is 0 Å². The summed E-state index contributed by atoms with van der Waals surface area (Å²) in [4.78, 5) is 14.2. The van der Waals surface area contributed by atoms with E-state index in [1.807, 2.05) is 24.3 Å². The molecular weight excluding hydrogens is 338 g/mol. The van der Waals surface area contributed by atoms with Crippen LogP contribution in [-0.4, -0.2) is 22.3 Å². The van der Waals surface area contributed by atoms with Gasteiger partial charge in [0, 0.05) is 30.3 Å². The average molecular weight is 355 g/mol. The molecule has 1 saturated heterocycles. The highest BCUT2D eigenvalue weighted by atomic mass is 32.2. The Hall–Kier alpha value is -1.85. The Bertz CT molecular complexity index is 974. The molecule has 1 aliphatic rings. The van der Waals surface area contributed by atoms with E-state index in [-0.39, 0.29) is 5.63 Å². The van der Waals surface area contributed by atoms with Crippen molar-refractivity contribution in [3.05, 3.63) is 58.4 Å². The molecule has 1 aromatic heterocycles. The summed E-state index contributed by atoms with van der Waals surface area (Å²) in [6, 6.07) is 13.7. The van der Waals surface area contributed by atoms with Crippen LogP contribution >= 0.6 is 24.0 Å². The fourth-order valence-electron chi connectivity index (χ4n) is 3.26. The van der Waals surface area contributed by atoms with Crippen LogP contribution in [0.4, 0.5) is 0 Å². The van der Waals surface area contributed by atoms with Gasteiger partial charge in [-0.25, -0.2) is 4.79 Å². The molecule has 4 rings (SSSR count). The standard InChI is InChI=1S/C19H17NO2S2/c21-17-11-14(12-24-19(23)20-9-3-4-10-20)18-15-6-2-1-5-13(15)7-8-16(18)22-17/h1-2,5-8,11H,3-4,9-10,12H2. The first-order chi connectivity index (χ1) is 11.7. The zero-order valence-electron chi connectivity index (χ0n) is 13.2. The number of rotatable bonds is 2. The Morgan fingerprint density at radius 3 is 2.79 bits per heavy atom. The van der Waals surface area contributed by atoms with Crippen molar-refractivity contribution in [2.75, 3.05) is 13.1 Å². The maximum Gasteiger partial charge on any atom is 0.336 e. The Morgan fingerprint density at radius 2 is 1.96 bits per heavy atom. The van der Waals surface area contributed by atoms with E-state index in [0.29, 0.717) is 11.3 Å². The van der Waals surface area contributed by atoms with Gasteiger partial charge in [-0.1, -0.05) is 54.3 Å². The molecule has 2 aromatic carbocycles. The predicted octanol–water partition coefficient (Wildman–Crippen LogP) is 4.56. The Morgan fingerprint density at radius 1 is 1.17 bits per heavy atom. The predicted molar refractivity (Wildman–Crippen MR) is 105 cm³/mol. The Kier molecular flexibility index (Phi) is 4.29. The summed E-state index contributed by atoms with van der Waals surface area (Å²) in [5, 5.41) is 3.28. The number of hydrogen-bond acceptors (Lipinski definition) is 4. The highest BCUT2D eigenvalue weighted by Crippen LogP contribution is 2.30. The molecule has 0 aliphatic carbocycles. The first kappa shape index (κ1) is 15.7. The maximum atomic E-state index is 11.9. The topological polar surface area (TPSA) is 33.5 Å². The third-order valence-electron chi connectivity index (χ3n) is 4.43. The maximum absolute atomic E-state index is 11.9. The molecule has 24 heavy (non-hydrogen) atoms. The molecule has 0 radical (unpaired) electrons. The van der Waals surface area contributed by atoms with E-state index in [0.717, 1.165) is 39.1 Å². The molecule has 1 fully saturated rings. The summed E-state index contributed by atoms with van der Waals surface area (Å²) < 4.78 is 6.33. The third-order valence-corrected chi connectivity index (χ3v) is 6.00. The lowest BCUT2D eigenvalue weighted by atomic mass is 10.0. The first-order valence-corrected chi connectivity index (χ1v) is 9.48. The molecule has 0 amide bonds. The minimum Gasteiger partial charge on any atom is -0.423 e. The van der Waals surface area contributed by atoms with Gasteiger partial charge in [0.05, 0.1) is 0 Å². The Balaban J connectivity index is 1.74. The fraction of sp³-hybridized carbons (Fsp3) is 0.263. The van der Waals surface area contributed by atoms with Crippen LogP contribution in [0.15, 0.2) is 51.7 Å². The summed E-state index contributed by atoms with van der Waals surface area (Å²) in [7, 11) is 0. The number of fused-ring (bicyclic) bond motifs is 3. The van der Waals surface area contributed by atoms with E-state index in [9.17, 15) is 4.79 Å². The summed E-state index contributed by atoms with van der Waals surface area (Å²) >= 11 is 7.19. The number of thiocarbonyl (C=S) groups is 1. The van der Waals surface area contributed by atoms with Crippen LogP contribution in [-0.2, 0) is 5.75 Å². The number of thioether (sulfide) groups is 1. The second-order valence-corrected chi connectivity index (χ2v) is 7.61. The van der Waals surface area contributed by atoms with Crippen LogP contribution < -0.4 is 5.63 Å². The van der Waals surface area contributed by atoms with Crippen LogP contribution in [0.5, 0.6) is 0 Å². The van der Waals surface area contributed by atoms with Gasteiger partial charge in [-0.3, -0.25) is 0 Å². The Labute approximate surface area is 149 Å². The first-order valence-electron chi connectivity index (χ1n) is 8.08. The summed E-state index contributed by atoms with van der Waals surface area (Å²) in [6.07, 6.45) is 2.42. The molecule has 3 nitrogen and oxygen atoms in total. The van der Waals surface area contributed by atoms with Gasteiger partial charge in [0.25, 0.3) is 0 Å². The van der Waals surface area contributed by atoms with Crippen LogP contribution in [0, 0.1) is 0 Å². The smallest absolute Gasteiger partial charge is 0.336 e. The molecule has 0 unspecified atom stereocenters. The number of hydrogen-bond donors (Lipinski definition) is 0. The molecule has 1 aliphatic heterocycles. The van der Waals surface area contributed by atoms with Crippen LogP contribution in [0.25, 0.3) is 21.7 Å². The SMILES string of the molecule is O=c1cc(CSC(=S)N2CCCC2)c2c(ccc3ccccc32)o1. The fourth-order valence-corrected chi connectivity index (χ4v) is 4.50. The summed E-state index contributed by atoms with van der Waals surface area (Å²) in [6.45, 7) is 2.10. The monoisotopic (exact) mass is 355 g/mol. The zero-order chi connectivity index (χ0) is 16.5. The van der Waals surface area contributed by atoms with Crippen LogP contribution in [0.3, 0.4) is 0 Å². The quantitative estimate of drug-likeness (QED) is 0.382. The molecule has 0 N–H and O–H groups in total. The molecule has 0 atom stereocenters. The molecule has 3 aromatic rings. The zero-order valence-corrected chi connectivity index (χ0v) is 14.8. The molecule has 2 heterocycles. The lowest BCUT2D eigenvalue weighted by Gasteiger charge is -2.17. The van der Waals surface area contributed by atoms with E-state index in [1.165, 1.54) is 12.8 Å². The molecule has 0 bridgehead atoms. The van der Waals surface area contributed by atoms with Gasteiger partial charge < -0.3 is 9.32 Å².